The molecule has 0 unspecified atom stereocenters. The van der Waals surface area contributed by atoms with Crippen molar-refractivity contribution >= 4 is 34.6 Å². The number of imidazole rings is 1. The minimum absolute atomic E-state index is 0.0737. The van der Waals surface area contributed by atoms with Crippen molar-refractivity contribution in [1.29, 1.82) is 0 Å². The minimum atomic E-state index is -0.650. The molecule has 0 bridgehead atoms. The van der Waals surface area contributed by atoms with E-state index in [1.807, 2.05) is 45.0 Å². The first-order chi connectivity index (χ1) is 23.0. The molecule has 0 aliphatic heterocycles. The molecule has 1 aliphatic carbocycles. The molecule has 0 N–H and O–H groups in total. The van der Waals surface area contributed by atoms with E-state index in [2.05, 4.69) is 4.57 Å². The number of carbonyl (C=O) groups excluding carboxylic acids is 2. The molecule has 1 aliphatic rings. The second kappa shape index (κ2) is 13.8. The maximum atomic E-state index is 16.0. The lowest BCUT2D eigenvalue weighted by molar-refractivity contribution is 0.00691. The fourth-order valence-corrected chi connectivity index (χ4v) is 6.38. The summed E-state index contributed by atoms with van der Waals surface area (Å²) in [4.78, 5) is 30.0. The molecule has 248 valence electrons. The Morgan fingerprint density at radius 2 is 1.56 bits per heavy atom. The Hall–Kier alpha value is -4.69. The molecule has 0 saturated heterocycles. The first kappa shape index (κ1) is 33.2. The molecule has 1 heterocycles. The van der Waals surface area contributed by atoms with Gasteiger partial charge in [0.15, 0.2) is 0 Å². The van der Waals surface area contributed by atoms with E-state index in [-0.39, 0.29) is 12.6 Å². The fourth-order valence-electron chi connectivity index (χ4n) is 6.26. The van der Waals surface area contributed by atoms with E-state index >= 15 is 4.39 Å². The Balaban J connectivity index is 1.32. The summed E-state index contributed by atoms with van der Waals surface area (Å²) in [5.41, 5.74) is 4.41. The molecule has 48 heavy (non-hydrogen) atoms. The van der Waals surface area contributed by atoms with Gasteiger partial charge in [0.1, 0.15) is 29.6 Å². The van der Waals surface area contributed by atoms with Gasteiger partial charge in [-0.25, -0.2) is 19.0 Å². The van der Waals surface area contributed by atoms with E-state index in [4.69, 9.17) is 30.8 Å². The molecule has 7 nitrogen and oxygen atoms in total. The number of rotatable bonds is 8. The maximum Gasteiger partial charge on any atom is 0.338 e. The number of carbonyl (C=O) groups is 2. The Morgan fingerprint density at radius 1 is 0.875 bits per heavy atom. The molecule has 1 saturated carbocycles. The second-order valence-corrected chi connectivity index (χ2v) is 13.5. The third-order valence-corrected chi connectivity index (χ3v) is 8.77. The summed E-state index contributed by atoms with van der Waals surface area (Å²) in [6.07, 6.45) is 5.29. The number of ether oxygens (including phenoxy) is 3. The molecule has 0 radical (unpaired) electrons. The van der Waals surface area contributed by atoms with Crippen molar-refractivity contribution in [3.05, 3.63) is 106 Å². The van der Waals surface area contributed by atoms with Crippen LogP contribution in [0.2, 0.25) is 5.02 Å². The number of methoxy groups -OCH3 is 1. The summed E-state index contributed by atoms with van der Waals surface area (Å²) in [6, 6.07) is 22.9. The highest BCUT2D eigenvalue weighted by Crippen LogP contribution is 2.38. The Morgan fingerprint density at radius 3 is 2.25 bits per heavy atom. The van der Waals surface area contributed by atoms with Crippen molar-refractivity contribution in [2.45, 2.75) is 71.1 Å². The smallest absolute Gasteiger partial charge is 0.338 e. The average Bonchev–Trinajstić information content (AvgIpc) is 3.45. The van der Waals surface area contributed by atoms with Crippen LogP contribution in [-0.4, -0.2) is 34.2 Å². The molecule has 4 aromatic carbocycles. The lowest BCUT2D eigenvalue weighted by atomic mass is 9.94. The number of hydrogen-bond acceptors (Lipinski definition) is 6. The average molecular weight is 669 g/mol. The Bertz CT molecular complexity index is 1970. The molecule has 0 spiro atoms. The van der Waals surface area contributed by atoms with Gasteiger partial charge in [-0.3, -0.25) is 0 Å². The molecule has 1 fully saturated rings. The number of fused-ring (bicyclic) bond motifs is 1. The monoisotopic (exact) mass is 668 g/mol. The standard InChI is InChI=1S/C39H38ClFN2O5/c1-39(2,3)48-38(45)25-12-17-31(24-10-14-28(40)15-11-24)27(20-25)23-47-30-16-18-32(33(41)22-30)36-42-34-21-26(37(44)46-4)13-19-35(34)43(36)29-8-6-5-7-9-29/h10-22,29H,5-9,23H2,1-4H3. The van der Waals surface area contributed by atoms with Gasteiger partial charge in [-0.15, -0.1) is 0 Å². The van der Waals surface area contributed by atoms with E-state index in [9.17, 15) is 9.59 Å². The summed E-state index contributed by atoms with van der Waals surface area (Å²) in [5, 5.41) is 0.610. The van der Waals surface area contributed by atoms with E-state index in [1.165, 1.54) is 19.6 Å². The molecule has 9 heteroatoms. The molecule has 0 amide bonds. The first-order valence-electron chi connectivity index (χ1n) is 16.2. The Kier molecular flexibility index (Phi) is 9.56. The third kappa shape index (κ3) is 7.24. The third-order valence-electron chi connectivity index (χ3n) is 8.52. The highest BCUT2D eigenvalue weighted by molar-refractivity contribution is 6.30. The van der Waals surface area contributed by atoms with Gasteiger partial charge in [0, 0.05) is 17.1 Å². The molecular weight excluding hydrogens is 631 g/mol. The molecule has 6 rings (SSSR count). The number of esters is 2. The van der Waals surface area contributed by atoms with Crippen LogP contribution < -0.4 is 4.74 Å². The molecule has 1 aromatic heterocycles. The zero-order valence-corrected chi connectivity index (χ0v) is 28.3. The van der Waals surface area contributed by atoms with Crippen LogP contribution in [0.5, 0.6) is 5.75 Å². The number of benzene rings is 4. The summed E-state index contributed by atoms with van der Waals surface area (Å²) < 4.78 is 34.8. The number of nitrogens with zero attached hydrogens (tertiary/aromatic N) is 2. The predicted molar refractivity (Wildman–Crippen MR) is 185 cm³/mol. The zero-order valence-electron chi connectivity index (χ0n) is 27.5. The van der Waals surface area contributed by atoms with Gasteiger partial charge in [0.2, 0.25) is 0 Å². The number of aromatic nitrogens is 2. The lowest BCUT2D eigenvalue weighted by Crippen LogP contribution is -2.24. The summed E-state index contributed by atoms with van der Waals surface area (Å²) in [7, 11) is 1.34. The van der Waals surface area contributed by atoms with Crippen molar-refractivity contribution in [3.63, 3.8) is 0 Å². The van der Waals surface area contributed by atoms with Gasteiger partial charge in [0.05, 0.1) is 34.8 Å². The van der Waals surface area contributed by atoms with Crippen LogP contribution in [0.15, 0.2) is 78.9 Å². The van der Waals surface area contributed by atoms with Crippen LogP contribution in [0.25, 0.3) is 33.5 Å². The van der Waals surface area contributed by atoms with Gasteiger partial charge in [0.25, 0.3) is 0 Å². The fraction of sp³-hybridized carbons (Fsp3) is 0.308. The van der Waals surface area contributed by atoms with Crippen LogP contribution >= 0.6 is 11.6 Å². The lowest BCUT2D eigenvalue weighted by Gasteiger charge is -2.25. The van der Waals surface area contributed by atoms with Crippen LogP contribution in [0.3, 0.4) is 0 Å². The highest BCUT2D eigenvalue weighted by atomic mass is 35.5. The largest absolute Gasteiger partial charge is 0.489 e. The Labute approximate surface area is 284 Å². The van der Waals surface area contributed by atoms with Gasteiger partial charge < -0.3 is 18.8 Å². The van der Waals surface area contributed by atoms with E-state index in [0.29, 0.717) is 38.8 Å². The predicted octanol–water partition coefficient (Wildman–Crippen LogP) is 9.99. The van der Waals surface area contributed by atoms with Crippen molar-refractivity contribution in [2.75, 3.05) is 7.11 Å². The van der Waals surface area contributed by atoms with E-state index < -0.39 is 23.4 Å². The van der Waals surface area contributed by atoms with Crippen LogP contribution in [0.1, 0.15) is 85.2 Å². The number of halogens is 2. The molecular formula is C39H38ClFN2O5. The van der Waals surface area contributed by atoms with Gasteiger partial charge >= 0.3 is 11.9 Å². The van der Waals surface area contributed by atoms with Crippen LogP contribution in [0.4, 0.5) is 4.39 Å². The summed E-state index contributed by atoms with van der Waals surface area (Å²) in [6.45, 7) is 5.53. The topological polar surface area (TPSA) is 79.7 Å². The molecule has 5 aromatic rings. The van der Waals surface area contributed by atoms with E-state index in [1.54, 1.807) is 48.5 Å². The van der Waals surface area contributed by atoms with Crippen molar-refractivity contribution in [1.82, 2.24) is 9.55 Å². The van der Waals surface area contributed by atoms with Crippen LogP contribution in [-0.2, 0) is 16.1 Å². The van der Waals surface area contributed by atoms with Crippen LogP contribution in [0, 0.1) is 5.82 Å². The highest BCUT2D eigenvalue weighted by Gasteiger charge is 2.25. The number of hydrogen-bond donors (Lipinski definition) is 0. The van der Waals surface area contributed by atoms with Gasteiger partial charge in [-0.05, 0) is 105 Å². The quantitative estimate of drug-likeness (QED) is 0.153. The zero-order chi connectivity index (χ0) is 34.0. The van der Waals surface area contributed by atoms with Gasteiger partial charge in [-0.1, -0.05) is 49.1 Å². The van der Waals surface area contributed by atoms with Crippen molar-refractivity contribution < 1.29 is 28.2 Å². The normalized spacial score (nSPS) is 13.8. The first-order valence-corrected chi connectivity index (χ1v) is 16.5. The molecule has 0 atom stereocenters. The SMILES string of the molecule is COC(=O)c1ccc2c(c1)nc(-c1ccc(OCc3cc(C(=O)OC(C)(C)C)ccc3-c3ccc(Cl)cc3)cc1F)n2C1CCCCC1. The summed E-state index contributed by atoms with van der Waals surface area (Å²) >= 11 is 6.14. The summed E-state index contributed by atoms with van der Waals surface area (Å²) in [5.74, 6) is -0.531. The maximum absolute atomic E-state index is 16.0. The van der Waals surface area contributed by atoms with Crippen molar-refractivity contribution in [2.24, 2.45) is 0 Å². The van der Waals surface area contributed by atoms with Gasteiger partial charge in [-0.2, -0.15) is 0 Å². The van der Waals surface area contributed by atoms with E-state index in [0.717, 1.165) is 47.9 Å². The minimum Gasteiger partial charge on any atom is -0.489 e. The van der Waals surface area contributed by atoms with Crippen molar-refractivity contribution in [3.8, 4) is 28.3 Å². The second-order valence-electron chi connectivity index (χ2n) is 13.1.